The molecule has 1 fully saturated rings. The zero-order chi connectivity index (χ0) is 22.5. The molecule has 0 saturated carbocycles. The van der Waals surface area contributed by atoms with Crippen molar-refractivity contribution < 1.29 is 18.7 Å². The number of aliphatic imine (C=N–C) groups is 1. The Morgan fingerprint density at radius 1 is 1.38 bits per heavy atom. The monoisotopic (exact) mass is 438 g/mol. The van der Waals surface area contributed by atoms with Gasteiger partial charge in [0.25, 0.3) is 6.02 Å². The molecule has 3 aliphatic rings. The van der Waals surface area contributed by atoms with Gasteiger partial charge in [0.2, 0.25) is 11.9 Å². The van der Waals surface area contributed by atoms with Crippen LogP contribution in [0.4, 0.5) is 4.39 Å². The zero-order valence-electron chi connectivity index (χ0n) is 18.3. The van der Waals surface area contributed by atoms with Crippen molar-refractivity contribution in [3.05, 3.63) is 48.0 Å². The lowest BCUT2D eigenvalue weighted by Gasteiger charge is -2.49. The highest BCUT2D eigenvalue weighted by Crippen LogP contribution is 2.51. The molecule has 5 rings (SSSR count). The summed E-state index contributed by atoms with van der Waals surface area (Å²) in [6.07, 6.45) is 2.54. The number of hydrogen-bond acceptors (Lipinski definition) is 6. The molecular formula is C24H27FN4O3. The van der Waals surface area contributed by atoms with Crippen LogP contribution in [0.1, 0.15) is 32.3 Å². The van der Waals surface area contributed by atoms with Gasteiger partial charge in [-0.25, -0.2) is 9.98 Å². The van der Waals surface area contributed by atoms with E-state index in [4.69, 9.17) is 20.2 Å². The highest BCUT2D eigenvalue weighted by molar-refractivity contribution is 5.77. The van der Waals surface area contributed by atoms with Gasteiger partial charge in [0.1, 0.15) is 24.0 Å². The van der Waals surface area contributed by atoms with Crippen LogP contribution in [-0.2, 0) is 15.1 Å². The molecule has 1 amide bonds. The van der Waals surface area contributed by atoms with E-state index in [0.717, 1.165) is 5.56 Å². The number of nitrogens with zero attached hydrogens (tertiary/aromatic N) is 3. The van der Waals surface area contributed by atoms with E-state index in [1.54, 1.807) is 12.1 Å². The maximum Gasteiger partial charge on any atom is 0.283 e. The molecule has 1 spiro atoms. The molecule has 3 aliphatic heterocycles. The van der Waals surface area contributed by atoms with Crippen molar-refractivity contribution in [3.63, 3.8) is 0 Å². The second kappa shape index (κ2) is 7.76. The molecule has 32 heavy (non-hydrogen) atoms. The molecule has 168 valence electrons. The number of carbonyl (C=O) groups is 1. The minimum absolute atomic E-state index is 0.107. The Morgan fingerprint density at radius 3 is 2.94 bits per heavy atom. The first kappa shape index (κ1) is 20.7. The van der Waals surface area contributed by atoms with Gasteiger partial charge in [0.15, 0.2) is 0 Å². The molecule has 7 nitrogen and oxygen atoms in total. The van der Waals surface area contributed by atoms with Crippen molar-refractivity contribution in [1.29, 1.82) is 0 Å². The number of piperidine rings is 1. The number of pyridine rings is 1. The van der Waals surface area contributed by atoms with Crippen molar-refractivity contribution in [2.75, 3.05) is 19.7 Å². The molecule has 2 aromatic rings. The Labute approximate surface area is 186 Å². The summed E-state index contributed by atoms with van der Waals surface area (Å²) < 4.78 is 26.4. The van der Waals surface area contributed by atoms with Gasteiger partial charge in [0, 0.05) is 49.2 Å². The number of halogens is 1. The van der Waals surface area contributed by atoms with E-state index in [9.17, 15) is 9.18 Å². The maximum atomic E-state index is 14.4. The highest BCUT2D eigenvalue weighted by Gasteiger charge is 2.56. The summed E-state index contributed by atoms with van der Waals surface area (Å²) >= 11 is 0. The zero-order valence-corrected chi connectivity index (χ0v) is 18.3. The van der Waals surface area contributed by atoms with E-state index < -0.39 is 11.5 Å². The fourth-order valence-electron chi connectivity index (χ4n) is 5.11. The Kier molecular flexibility index (Phi) is 5.03. The van der Waals surface area contributed by atoms with Crippen molar-refractivity contribution in [1.82, 2.24) is 9.88 Å². The van der Waals surface area contributed by atoms with Gasteiger partial charge in [-0.05, 0) is 35.7 Å². The van der Waals surface area contributed by atoms with E-state index in [-0.39, 0.29) is 36.5 Å². The quantitative estimate of drug-likeness (QED) is 0.744. The van der Waals surface area contributed by atoms with Crippen LogP contribution in [0.2, 0.25) is 0 Å². The lowest BCUT2D eigenvalue weighted by molar-refractivity contribution is -0.137. The second-order valence-corrected chi connectivity index (χ2v) is 9.20. The average Bonchev–Trinajstić information content (AvgIpc) is 3.16. The minimum atomic E-state index is -0.784. The molecular weight excluding hydrogens is 411 g/mol. The van der Waals surface area contributed by atoms with Crippen LogP contribution in [0, 0.1) is 17.8 Å². The summed E-state index contributed by atoms with van der Waals surface area (Å²) in [5, 5.41) is 0. The lowest BCUT2D eigenvalue weighted by atomic mass is 9.71. The summed E-state index contributed by atoms with van der Waals surface area (Å²) in [7, 11) is 0. The normalized spacial score (nSPS) is 26.2. The summed E-state index contributed by atoms with van der Waals surface area (Å²) in [6, 6.07) is 9.10. The number of aromatic nitrogens is 1. The van der Waals surface area contributed by atoms with Crippen molar-refractivity contribution in [2.24, 2.45) is 22.6 Å². The van der Waals surface area contributed by atoms with Gasteiger partial charge in [-0.1, -0.05) is 19.9 Å². The topological polar surface area (TPSA) is 90.0 Å². The number of rotatable bonds is 3. The molecule has 2 N–H and O–H groups in total. The highest BCUT2D eigenvalue weighted by atomic mass is 19.1. The largest absolute Gasteiger partial charge is 0.490 e. The average molecular weight is 439 g/mol. The van der Waals surface area contributed by atoms with Gasteiger partial charge in [-0.3, -0.25) is 4.79 Å². The van der Waals surface area contributed by atoms with Gasteiger partial charge >= 0.3 is 0 Å². The summed E-state index contributed by atoms with van der Waals surface area (Å²) in [6.45, 7) is 5.52. The van der Waals surface area contributed by atoms with Crippen LogP contribution < -0.4 is 10.5 Å². The minimum Gasteiger partial charge on any atom is -0.490 e. The number of carbonyl (C=O) groups excluding carboxylic acids is 1. The molecule has 3 atom stereocenters. The summed E-state index contributed by atoms with van der Waals surface area (Å²) in [4.78, 5) is 23.3. The molecule has 0 bridgehead atoms. The molecule has 1 aromatic heterocycles. The number of amides is 1. The summed E-state index contributed by atoms with van der Waals surface area (Å²) in [5.74, 6) is 0.475. The molecule has 1 aromatic carbocycles. The van der Waals surface area contributed by atoms with E-state index in [2.05, 4.69) is 4.98 Å². The Morgan fingerprint density at radius 2 is 2.22 bits per heavy atom. The number of ether oxygens (including phenoxy) is 2. The van der Waals surface area contributed by atoms with Crippen molar-refractivity contribution >= 4 is 11.9 Å². The predicted molar refractivity (Wildman–Crippen MR) is 117 cm³/mol. The molecule has 4 heterocycles. The Bertz CT molecular complexity index is 1090. The van der Waals surface area contributed by atoms with Crippen LogP contribution >= 0.6 is 0 Å². The Balaban J connectivity index is 1.57. The number of nitrogens with two attached hydrogens (primary N) is 1. The van der Waals surface area contributed by atoms with Crippen LogP contribution in [0.15, 0.2) is 41.5 Å². The van der Waals surface area contributed by atoms with Crippen LogP contribution in [0.3, 0.4) is 0 Å². The molecule has 0 radical (unpaired) electrons. The summed E-state index contributed by atoms with van der Waals surface area (Å²) in [5.41, 5.74) is 7.09. The van der Waals surface area contributed by atoms with Gasteiger partial charge < -0.3 is 20.1 Å². The van der Waals surface area contributed by atoms with Crippen LogP contribution in [0.25, 0.3) is 11.1 Å². The maximum absolute atomic E-state index is 14.4. The van der Waals surface area contributed by atoms with Gasteiger partial charge in [-0.2, -0.15) is 4.39 Å². The van der Waals surface area contributed by atoms with Crippen molar-refractivity contribution in [2.45, 2.75) is 38.3 Å². The third-order valence-electron chi connectivity index (χ3n) is 6.64. The standard InChI is InChI=1S/C24H27FN4O3/c1-14(2)10-21(30)29-9-7-20-18(12-29)24(13-31-23(26)28-24)17-11-15(5-6-19(17)32-20)16-4-3-8-27-22(16)25/h3-6,8,11,14,18,20H,7,9-10,12-13H2,1-2H3,(H2,26,28)/t18-,20-,24?/m0/s1. The van der Waals surface area contributed by atoms with Crippen LogP contribution in [0.5, 0.6) is 5.75 Å². The fraction of sp³-hybridized carbons (Fsp3) is 0.458. The lowest BCUT2D eigenvalue weighted by Crippen LogP contribution is -2.58. The molecule has 1 unspecified atom stereocenters. The van der Waals surface area contributed by atoms with Gasteiger partial charge in [-0.15, -0.1) is 0 Å². The van der Waals surface area contributed by atoms with Crippen LogP contribution in [-0.4, -0.2) is 47.6 Å². The molecule has 8 heteroatoms. The Hall–Kier alpha value is -3.16. The first-order valence-electron chi connectivity index (χ1n) is 11.1. The van der Waals surface area contributed by atoms with E-state index >= 15 is 0 Å². The number of likely N-dealkylation sites (tertiary alicyclic amines) is 1. The van der Waals surface area contributed by atoms with Crippen molar-refractivity contribution in [3.8, 4) is 16.9 Å². The molecule has 0 aliphatic carbocycles. The number of hydrogen-bond donors (Lipinski definition) is 1. The second-order valence-electron chi connectivity index (χ2n) is 9.20. The number of benzene rings is 1. The first-order valence-corrected chi connectivity index (χ1v) is 11.1. The van der Waals surface area contributed by atoms with Gasteiger partial charge in [0.05, 0.1) is 0 Å². The molecule has 1 saturated heterocycles. The fourth-order valence-corrected chi connectivity index (χ4v) is 5.11. The number of amidine groups is 1. The smallest absolute Gasteiger partial charge is 0.283 e. The first-order chi connectivity index (χ1) is 15.4. The van der Waals surface area contributed by atoms with E-state index in [1.165, 1.54) is 6.20 Å². The third kappa shape index (κ3) is 3.38. The SMILES string of the molecule is CC(C)CC(=O)N1CC[C@@H]2Oc3ccc(-c4cccnc4F)cc3C3(COC(N)=N3)[C@H]2C1. The third-order valence-corrected chi connectivity index (χ3v) is 6.64. The number of fused-ring (bicyclic) bond motifs is 4. The predicted octanol–water partition coefficient (Wildman–Crippen LogP) is 3.08. The van der Waals surface area contributed by atoms with E-state index in [1.807, 2.05) is 36.9 Å². The van der Waals surface area contributed by atoms with E-state index in [0.29, 0.717) is 42.8 Å².